The Bertz CT molecular complexity index is 775. The smallest absolute Gasteiger partial charge is 0.111 e. The monoisotopic (exact) mass is 313 g/mol. The second-order valence-corrected chi connectivity index (χ2v) is 5.75. The van der Waals surface area contributed by atoms with E-state index in [4.69, 9.17) is 0 Å². The maximum Gasteiger partial charge on any atom is 0.111 e. The molecular weight excluding hydrogens is 294 g/mol. The fourth-order valence-electron chi connectivity index (χ4n) is 2.70. The van der Waals surface area contributed by atoms with Crippen LogP contribution in [-0.4, -0.2) is 6.04 Å². The molecule has 0 atom stereocenters. The molecule has 3 N–H and O–H groups in total. The quantitative estimate of drug-likeness (QED) is 0.605. The molecule has 1 aliphatic carbocycles. The van der Waals surface area contributed by atoms with Crippen molar-refractivity contribution in [1.29, 1.82) is 0 Å². The molecule has 0 saturated heterocycles. The first-order chi connectivity index (χ1) is 11.9. The van der Waals surface area contributed by atoms with Crippen LogP contribution >= 0.6 is 0 Å². The SMILES string of the molecule is c1ccc(NC2=C(Nc3ccccc3)C2Nc2ccccc2)cc1. The molecule has 0 unspecified atom stereocenters. The van der Waals surface area contributed by atoms with Crippen LogP contribution in [0.3, 0.4) is 0 Å². The zero-order valence-electron chi connectivity index (χ0n) is 13.2. The third kappa shape index (κ3) is 3.25. The van der Waals surface area contributed by atoms with Gasteiger partial charge in [0.15, 0.2) is 0 Å². The lowest BCUT2D eigenvalue weighted by Gasteiger charge is -2.08. The fourth-order valence-corrected chi connectivity index (χ4v) is 2.70. The standard InChI is InChI=1S/C21H19N3/c1-4-10-16(11-5-1)22-19-20(23-17-12-6-2-7-13-17)21(19)24-18-14-8-3-9-15-18/h1-15,19,22-24H. The average molecular weight is 313 g/mol. The summed E-state index contributed by atoms with van der Waals surface area (Å²) in [5, 5.41) is 10.6. The number of rotatable bonds is 6. The summed E-state index contributed by atoms with van der Waals surface area (Å²) in [6.07, 6.45) is 0. The Morgan fingerprint density at radius 2 is 0.833 bits per heavy atom. The van der Waals surface area contributed by atoms with Crippen molar-refractivity contribution >= 4 is 17.1 Å². The Morgan fingerprint density at radius 3 is 1.25 bits per heavy atom. The molecule has 0 radical (unpaired) electrons. The van der Waals surface area contributed by atoms with Crippen LogP contribution in [0.2, 0.25) is 0 Å². The molecule has 3 aromatic carbocycles. The molecule has 3 aromatic rings. The maximum atomic E-state index is 3.56. The summed E-state index contributed by atoms with van der Waals surface area (Å²) in [6, 6.07) is 30.9. The highest BCUT2D eigenvalue weighted by Gasteiger charge is 2.37. The minimum atomic E-state index is 0.174. The van der Waals surface area contributed by atoms with Crippen molar-refractivity contribution in [3.8, 4) is 0 Å². The minimum Gasteiger partial charge on any atom is -0.372 e. The average Bonchev–Trinajstić information content (AvgIpc) is 3.27. The highest BCUT2D eigenvalue weighted by molar-refractivity contribution is 5.70. The van der Waals surface area contributed by atoms with Crippen molar-refractivity contribution in [3.05, 3.63) is 102 Å². The van der Waals surface area contributed by atoms with Gasteiger partial charge in [-0.3, -0.25) is 0 Å². The van der Waals surface area contributed by atoms with E-state index in [2.05, 4.69) is 52.3 Å². The second kappa shape index (κ2) is 6.50. The van der Waals surface area contributed by atoms with Crippen LogP contribution in [-0.2, 0) is 0 Å². The van der Waals surface area contributed by atoms with Gasteiger partial charge in [-0.2, -0.15) is 0 Å². The van der Waals surface area contributed by atoms with Gasteiger partial charge < -0.3 is 16.0 Å². The van der Waals surface area contributed by atoms with Gasteiger partial charge in [0.1, 0.15) is 6.04 Å². The van der Waals surface area contributed by atoms with Gasteiger partial charge in [0.05, 0.1) is 11.4 Å². The Balaban J connectivity index is 1.52. The number of nitrogens with one attached hydrogen (secondary N) is 3. The van der Waals surface area contributed by atoms with E-state index >= 15 is 0 Å². The van der Waals surface area contributed by atoms with Crippen LogP contribution in [0.4, 0.5) is 17.1 Å². The van der Waals surface area contributed by atoms with Crippen molar-refractivity contribution in [2.75, 3.05) is 16.0 Å². The van der Waals surface area contributed by atoms with Gasteiger partial charge in [0.2, 0.25) is 0 Å². The van der Waals surface area contributed by atoms with E-state index in [1.807, 2.05) is 54.6 Å². The molecule has 0 amide bonds. The van der Waals surface area contributed by atoms with E-state index in [0.29, 0.717) is 0 Å². The van der Waals surface area contributed by atoms with Crippen LogP contribution < -0.4 is 16.0 Å². The van der Waals surface area contributed by atoms with E-state index in [-0.39, 0.29) is 6.04 Å². The molecule has 4 rings (SSSR count). The summed E-state index contributed by atoms with van der Waals surface area (Å²) in [4.78, 5) is 0. The Labute approximate surface area is 142 Å². The lowest BCUT2D eigenvalue weighted by atomic mass is 10.3. The van der Waals surface area contributed by atoms with Crippen molar-refractivity contribution in [2.24, 2.45) is 0 Å². The zero-order valence-corrected chi connectivity index (χ0v) is 13.2. The van der Waals surface area contributed by atoms with Gasteiger partial charge in [-0.1, -0.05) is 54.6 Å². The lowest BCUT2D eigenvalue weighted by molar-refractivity contribution is 1.16. The normalized spacial score (nSPS) is 13.5. The third-order valence-corrected chi connectivity index (χ3v) is 3.97. The summed E-state index contributed by atoms with van der Waals surface area (Å²) >= 11 is 0. The van der Waals surface area contributed by atoms with Crippen molar-refractivity contribution in [2.45, 2.75) is 6.04 Å². The largest absolute Gasteiger partial charge is 0.372 e. The van der Waals surface area contributed by atoms with E-state index in [1.165, 1.54) is 11.4 Å². The first kappa shape index (κ1) is 14.4. The van der Waals surface area contributed by atoms with Crippen LogP contribution in [0.25, 0.3) is 0 Å². The molecule has 0 bridgehead atoms. The molecule has 0 aliphatic heterocycles. The number of benzene rings is 3. The van der Waals surface area contributed by atoms with Gasteiger partial charge in [0, 0.05) is 17.1 Å². The van der Waals surface area contributed by atoms with Gasteiger partial charge in [-0.25, -0.2) is 0 Å². The van der Waals surface area contributed by atoms with Crippen molar-refractivity contribution in [1.82, 2.24) is 0 Å². The fraction of sp³-hybridized carbons (Fsp3) is 0.0476. The van der Waals surface area contributed by atoms with Gasteiger partial charge >= 0.3 is 0 Å². The molecule has 24 heavy (non-hydrogen) atoms. The second-order valence-electron chi connectivity index (χ2n) is 5.75. The molecule has 1 aliphatic rings. The number of hydrogen-bond acceptors (Lipinski definition) is 3. The van der Waals surface area contributed by atoms with Gasteiger partial charge in [-0.05, 0) is 36.4 Å². The maximum absolute atomic E-state index is 3.56. The number of hydrogen-bond donors (Lipinski definition) is 3. The summed E-state index contributed by atoms with van der Waals surface area (Å²) in [6.45, 7) is 0. The van der Waals surface area contributed by atoms with Crippen LogP contribution in [0.1, 0.15) is 0 Å². The lowest BCUT2D eigenvalue weighted by Crippen LogP contribution is -2.12. The minimum absolute atomic E-state index is 0.174. The molecule has 3 heteroatoms. The van der Waals surface area contributed by atoms with Crippen LogP contribution in [0.5, 0.6) is 0 Å². The molecule has 0 aromatic heterocycles. The van der Waals surface area contributed by atoms with Crippen molar-refractivity contribution < 1.29 is 0 Å². The summed E-state index contributed by atoms with van der Waals surface area (Å²) in [7, 11) is 0. The summed E-state index contributed by atoms with van der Waals surface area (Å²) < 4.78 is 0. The molecule has 0 spiro atoms. The molecule has 118 valence electrons. The molecule has 0 saturated carbocycles. The van der Waals surface area contributed by atoms with Gasteiger partial charge in [0.25, 0.3) is 0 Å². The topological polar surface area (TPSA) is 36.1 Å². The first-order valence-electron chi connectivity index (χ1n) is 8.10. The predicted octanol–water partition coefficient (Wildman–Crippen LogP) is 4.92. The third-order valence-electron chi connectivity index (χ3n) is 3.97. The van der Waals surface area contributed by atoms with E-state index in [1.54, 1.807) is 0 Å². The first-order valence-corrected chi connectivity index (χ1v) is 8.10. The zero-order chi connectivity index (χ0) is 16.2. The van der Waals surface area contributed by atoms with E-state index in [9.17, 15) is 0 Å². The highest BCUT2D eigenvalue weighted by atomic mass is 15.1. The summed E-state index contributed by atoms with van der Waals surface area (Å²) in [5.41, 5.74) is 5.65. The van der Waals surface area contributed by atoms with Crippen LogP contribution in [0, 0.1) is 0 Å². The number of anilines is 3. The molecule has 0 heterocycles. The predicted molar refractivity (Wildman–Crippen MR) is 101 cm³/mol. The molecule has 3 nitrogen and oxygen atoms in total. The Morgan fingerprint density at radius 1 is 0.458 bits per heavy atom. The molecule has 0 fully saturated rings. The Kier molecular flexibility index (Phi) is 3.90. The van der Waals surface area contributed by atoms with Crippen LogP contribution in [0.15, 0.2) is 102 Å². The molecular formula is C21H19N3. The number of para-hydroxylation sites is 3. The summed E-state index contributed by atoms with van der Waals surface area (Å²) in [5.74, 6) is 0. The highest BCUT2D eigenvalue weighted by Crippen LogP contribution is 2.36. The van der Waals surface area contributed by atoms with Crippen molar-refractivity contribution in [3.63, 3.8) is 0 Å². The Hall–Kier alpha value is -3.20. The van der Waals surface area contributed by atoms with E-state index < -0.39 is 0 Å². The van der Waals surface area contributed by atoms with Gasteiger partial charge in [-0.15, -0.1) is 0 Å². The van der Waals surface area contributed by atoms with E-state index in [0.717, 1.165) is 17.1 Å².